The van der Waals surface area contributed by atoms with Crippen LogP contribution in [0.5, 0.6) is 0 Å². The lowest BCUT2D eigenvalue weighted by Crippen LogP contribution is -2.20. The molecule has 100 valence electrons. The van der Waals surface area contributed by atoms with Crippen LogP contribution < -0.4 is 10.2 Å². The van der Waals surface area contributed by atoms with Crippen molar-refractivity contribution in [2.24, 2.45) is 5.41 Å². The normalized spacial score (nSPS) is 15.0. The van der Waals surface area contributed by atoms with Gasteiger partial charge in [0.1, 0.15) is 0 Å². The van der Waals surface area contributed by atoms with Crippen molar-refractivity contribution in [3.05, 3.63) is 29.3 Å². The van der Waals surface area contributed by atoms with Gasteiger partial charge in [-0.1, -0.05) is 32.9 Å². The minimum atomic E-state index is 0.424. The third-order valence-corrected chi connectivity index (χ3v) is 3.65. The van der Waals surface area contributed by atoms with Gasteiger partial charge < -0.3 is 10.2 Å². The van der Waals surface area contributed by atoms with E-state index in [0.717, 1.165) is 19.6 Å². The molecule has 0 aromatic heterocycles. The largest absolute Gasteiger partial charge is 0.374 e. The van der Waals surface area contributed by atoms with E-state index in [1.165, 1.54) is 29.7 Å². The van der Waals surface area contributed by atoms with E-state index < -0.39 is 0 Å². The summed E-state index contributed by atoms with van der Waals surface area (Å²) >= 11 is 0. The molecule has 0 amide bonds. The van der Waals surface area contributed by atoms with Crippen molar-refractivity contribution in [2.75, 3.05) is 25.0 Å². The fraction of sp³-hybridized carbons (Fsp3) is 0.625. The third-order valence-electron chi connectivity index (χ3n) is 3.65. The first-order valence-corrected chi connectivity index (χ1v) is 6.99. The smallest absolute Gasteiger partial charge is 0.0397 e. The Labute approximate surface area is 111 Å². The van der Waals surface area contributed by atoms with Gasteiger partial charge in [-0.25, -0.2) is 0 Å². The van der Waals surface area contributed by atoms with Crippen LogP contribution in [0.25, 0.3) is 0 Å². The predicted octanol–water partition coefficient (Wildman–Crippen LogP) is 3.20. The Kier molecular flexibility index (Phi) is 3.96. The van der Waals surface area contributed by atoms with Crippen LogP contribution in [0.2, 0.25) is 0 Å². The van der Waals surface area contributed by atoms with Gasteiger partial charge in [0.2, 0.25) is 0 Å². The molecule has 0 saturated carbocycles. The molecule has 0 radical (unpaired) electrons. The predicted molar refractivity (Wildman–Crippen MR) is 79.2 cm³/mol. The van der Waals surface area contributed by atoms with Crippen LogP contribution in [0.15, 0.2) is 18.2 Å². The van der Waals surface area contributed by atoms with Gasteiger partial charge in [-0.2, -0.15) is 0 Å². The number of hydrogen-bond acceptors (Lipinski definition) is 2. The number of likely N-dealkylation sites (N-methyl/N-ethyl adjacent to an activating group) is 1. The van der Waals surface area contributed by atoms with Crippen molar-refractivity contribution in [1.82, 2.24) is 5.32 Å². The second-order valence-electron chi connectivity index (χ2n) is 6.62. The first-order valence-electron chi connectivity index (χ1n) is 6.99. The van der Waals surface area contributed by atoms with Crippen LogP contribution in [0, 0.1) is 5.41 Å². The monoisotopic (exact) mass is 246 g/mol. The maximum atomic E-state index is 3.55. The molecule has 2 nitrogen and oxygen atoms in total. The van der Waals surface area contributed by atoms with Gasteiger partial charge in [0.15, 0.2) is 0 Å². The highest BCUT2D eigenvalue weighted by molar-refractivity contribution is 5.58. The molecule has 1 heterocycles. The van der Waals surface area contributed by atoms with Gasteiger partial charge in [-0.3, -0.25) is 0 Å². The summed E-state index contributed by atoms with van der Waals surface area (Å²) in [6.45, 7) is 10.1. The summed E-state index contributed by atoms with van der Waals surface area (Å²) in [4.78, 5) is 2.34. The molecule has 1 aliphatic rings. The fourth-order valence-corrected chi connectivity index (χ4v) is 2.43. The van der Waals surface area contributed by atoms with E-state index in [-0.39, 0.29) is 0 Å². The lowest BCUT2D eigenvalue weighted by molar-refractivity contribution is 0.366. The maximum Gasteiger partial charge on any atom is 0.0397 e. The molecule has 0 fully saturated rings. The molecule has 1 N–H and O–H groups in total. The van der Waals surface area contributed by atoms with Gasteiger partial charge in [-0.15, -0.1) is 0 Å². The van der Waals surface area contributed by atoms with Crippen LogP contribution in [-0.4, -0.2) is 20.1 Å². The number of nitrogens with one attached hydrogen (secondary N) is 1. The molecule has 1 aromatic rings. The van der Waals surface area contributed by atoms with Crippen molar-refractivity contribution in [2.45, 2.75) is 40.2 Å². The summed E-state index contributed by atoms with van der Waals surface area (Å²) in [5, 5.41) is 3.55. The summed E-state index contributed by atoms with van der Waals surface area (Å²) in [5.41, 5.74) is 4.76. The molecule has 0 aliphatic carbocycles. The van der Waals surface area contributed by atoms with Crippen molar-refractivity contribution in [3.63, 3.8) is 0 Å². The molecule has 0 bridgehead atoms. The van der Waals surface area contributed by atoms with E-state index in [0.29, 0.717) is 5.41 Å². The molecule has 1 aliphatic heterocycles. The number of fused-ring (bicyclic) bond motifs is 1. The minimum absolute atomic E-state index is 0.424. The van der Waals surface area contributed by atoms with Crippen molar-refractivity contribution in [3.8, 4) is 0 Å². The first kappa shape index (κ1) is 13.4. The summed E-state index contributed by atoms with van der Waals surface area (Å²) in [5.74, 6) is 0. The molecule has 2 heteroatoms. The lowest BCUT2D eigenvalue weighted by atomic mass is 9.92. The Morgan fingerprint density at radius 2 is 2.06 bits per heavy atom. The van der Waals surface area contributed by atoms with Crippen LogP contribution in [0.1, 0.15) is 38.3 Å². The Bertz CT molecular complexity index is 404. The van der Waals surface area contributed by atoms with Crippen LogP contribution in [-0.2, 0) is 13.0 Å². The summed E-state index contributed by atoms with van der Waals surface area (Å²) in [6.07, 6.45) is 2.42. The zero-order valence-corrected chi connectivity index (χ0v) is 12.2. The van der Waals surface area contributed by atoms with Gasteiger partial charge in [-0.05, 0) is 42.0 Å². The highest BCUT2D eigenvalue weighted by Crippen LogP contribution is 2.27. The van der Waals surface area contributed by atoms with Crippen molar-refractivity contribution in [1.29, 1.82) is 0 Å². The summed E-state index contributed by atoms with van der Waals surface area (Å²) < 4.78 is 0. The Morgan fingerprint density at radius 3 is 2.78 bits per heavy atom. The van der Waals surface area contributed by atoms with E-state index in [1.54, 1.807) is 0 Å². The molecular weight excluding hydrogens is 220 g/mol. The average Bonchev–Trinajstić information content (AvgIpc) is 2.65. The average molecular weight is 246 g/mol. The molecule has 0 unspecified atom stereocenters. The second-order valence-corrected chi connectivity index (χ2v) is 6.62. The van der Waals surface area contributed by atoms with Crippen molar-refractivity contribution < 1.29 is 0 Å². The topological polar surface area (TPSA) is 15.3 Å². The molecular formula is C16H26N2. The van der Waals surface area contributed by atoms with E-state index in [2.05, 4.69) is 56.2 Å². The third kappa shape index (κ3) is 3.49. The zero-order chi connectivity index (χ0) is 13.2. The number of hydrogen-bond donors (Lipinski definition) is 1. The van der Waals surface area contributed by atoms with Gasteiger partial charge in [0, 0.05) is 25.8 Å². The number of benzene rings is 1. The summed E-state index contributed by atoms with van der Waals surface area (Å²) in [6, 6.07) is 6.89. The van der Waals surface area contributed by atoms with E-state index in [1.807, 2.05) is 0 Å². The highest BCUT2D eigenvalue weighted by Gasteiger charge is 2.15. The zero-order valence-electron chi connectivity index (χ0n) is 12.2. The summed E-state index contributed by atoms with van der Waals surface area (Å²) in [7, 11) is 2.17. The molecule has 18 heavy (non-hydrogen) atoms. The molecule has 0 saturated heterocycles. The van der Waals surface area contributed by atoms with E-state index >= 15 is 0 Å². The SMILES string of the molecule is CN1CCc2cc(CNCCC(C)(C)C)ccc21. The quantitative estimate of drug-likeness (QED) is 0.821. The van der Waals surface area contributed by atoms with Gasteiger partial charge in [0.25, 0.3) is 0 Å². The minimum Gasteiger partial charge on any atom is -0.374 e. The van der Waals surface area contributed by atoms with Crippen LogP contribution >= 0.6 is 0 Å². The van der Waals surface area contributed by atoms with E-state index in [4.69, 9.17) is 0 Å². The molecule has 0 atom stereocenters. The fourth-order valence-electron chi connectivity index (χ4n) is 2.43. The number of nitrogens with zero attached hydrogens (tertiary/aromatic N) is 1. The number of anilines is 1. The molecule has 2 rings (SSSR count). The Hall–Kier alpha value is -1.02. The number of rotatable bonds is 4. The first-order chi connectivity index (χ1) is 8.46. The highest BCUT2D eigenvalue weighted by atomic mass is 15.1. The Balaban J connectivity index is 1.84. The van der Waals surface area contributed by atoms with Crippen LogP contribution in [0.3, 0.4) is 0 Å². The lowest BCUT2D eigenvalue weighted by Gasteiger charge is -2.18. The van der Waals surface area contributed by atoms with Gasteiger partial charge in [0.05, 0.1) is 0 Å². The molecule has 1 aromatic carbocycles. The van der Waals surface area contributed by atoms with Crippen molar-refractivity contribution >= 4 is 5.69 Å². The second kappa shape index (κ2) is 5.31. The van der Waals surface area contributed by atoms with Gasteiger partial charge >= 0.3 is 0 Å². The standard InChI is InChI=1S/C16H26N2/c1-16(2,3)8-9-17-12-13-5-6-15-14(11-13)7-10-18(15)4/h5-6,11,17H,7-10,12H2,1-4H3. The molecule has 0 spiro atoms. The maximum absolute atomic E-state index is 3.55. The van der Waals surface area contributed by atoms with Crippen LogP contribution in [0.4, 0.5) is 5.69 Å². The van der Waals surface area contributed by atoms with E-state index in [9.17, 15) is 0 Å². The Morgan fingerprint density at radius 1 is 1.28 bits per heavy atom.